The maximum atomic E-state index is 12.1. The lowest BCUT2D eigenvalue weighted by molar-refractivity contribution is -0.159. The highest BCUT2D eigenvalue weighted by Gasteiger charge is 2.67. The van der Waals surface area contributed by atoms with Crippen molar-refractivity contribution < 1.29 is 28.5 Å². The maximum absolute atomic E-state index is 12.1. The van der Waals surface area contributed by atoms with Crippen molar-refractivity contribution in [2.24, 2.45) is 0 Å². The molecule has 0 N–H and O–H groups in total. The SMILES string of the molecule is COC1C=CC2OC2(COC(=O)c2ccccc2)C1OC(C)=O. The van der Waals surface area contributed by atoms with Gasteiger partial charge in [0.25, 0.3) is 0 Å². The fourth-order valence-electron chi connectivity index (χ4n) is 2.80. The lowest BCUT2D eigenvalue weighted by Gasteiger charge is -2.30. The molecular formula is C17H18O6. The first-order valence-corrected chi connectivity index (χ1v) is 7.35. The third-order valence-electron chi connectivity index (χ3n) is 4.03. The Morgan fingerprint density at radius 3 is 2.61 bits per heavy atom. The topological polar surface area (TPSA) is 74.4 Å². The highest BCUT2D eigenvalue weighted by Crippen LogP contribution is 2.47. The Kier molecular flexibility index (Phi) is 4.19. The highest BCUT2D eigenvalue weighted by atomic mass is 16.7. The summed E-state index contributed by atoms with van der Waals surface area (Å²) in [6.45, 7) is 1.32. The summed E-state index contributed by atoms with van der Waals surface area (Å²) in [5.74, 6) is -0.880. The maximum Gasteiger partial charge on any atom is 0.338 e. The summed E-state index contributed by atoms with van der Waals surface area (Å²) < 4.78 is 21.7. The summed E-state index contributed by atoms with van der Waals surface area (Å²) in [7, 11) is 1.53. The van der Waals surface area contributed by atoms with Crippen molar-refractivity contribution in [1.82, 2.24) is 0 Å². The fourth-order valence-corrected chi connectivity index (χ4v) is 2.80. The second-order valence-electron chi connectivity index (χ2n) is 5.55. The van der Waals surface area contributed by atoms with Gasteiger partial charge in [-0.3, -0.25) is 4.79 Å². The van der Waals surface area contributed by atoms with E-state index in [1.807, 2.05) is 12.1 Å². The van der Waals surface area contributed by atoms with Crippen molar-refractivity contribution in [2.75, 3.05) is 13.7 Å². The molecule has 6 heteroatoms. The van der Waals surface area contributed by atoms with Gasteiger partial charge in [-0.2, -0.15) is 0 Å². The quantitative estimate of drug-likeness (QED) is 0.465. The number of carbonyl (C=O) groups excluding carboxylic acids is 2. The summed E-state index contributed by atoms with van der Waals surface area (Å²) in [4.78, 5) is 23.5. The molecule has 4 atom stereocenters. The average molecular weight is 318 g/mol. The van der Waals surface area contributed by atoms with Crippen LogP contribution in [-0.4, -0.2) is 49.6 Å². The van der Waals surface area contributed by atoms with Gasteiger partial charge in [-0.05, 0) is 12.1 Å². The molecule has 1 fully saturated rings. The molecule has 1 saturated heterocycles. The molecule has 4 unspecified atom stereocenters. The predicted molar refractivity (Wildman–Crippen MR) is 79.8 cm³/mol. The molecular weight excluding hydrogens is 300 g/mol. The van der Waals surface area contributed by atoms with Gasteiger partial charge in [0.1, 0.15) is 18.8 Å². The largest absolute Gasteiger partial charge is 0.459 e. The van der Waals surface area contributed by atoms with E-state index in [1.165, 1.54) is 14.0 Å². The number of hydrogen-bond donors (Lipinski definition) is 0. The van der Waals surface area contributed by atoms with Crippen LogP contribution in [0.15, 0.2) is 42.5 Å². The zero-order chi connectivity index (χ0) is 16.4. The van der Waals surface area contributed by atoms with Crippen LogP contribution in [0.2, 0.25) is 0 Å². The minimum Gasteiger partial charge on any atom is -0.459 e. The van der Waals surface area contributed by atoms with E-state index < -0.39 is 29.7 Å². The van der Waals surface area contributed by atoms with Crippen molar-refractivity contribution >= 4 is 11.9 Å². The van der Waals surface area contributed by atoms with E-state index in [9.17, 15) is 9.59 Å². The number of methoxy groups -OCH3 is 1. The Bertz CT molecular complexity index is 625. The zero-order valence-electron chi connectivity index (χ0n) is 12.9. The molecule has 2 aliphatic rings. The van der Waals surface area contributed by atoms with Crippen LogP contribution >= 0.6 is 0 Å². The Labute approximate surface area is 134 Å². The summed E-state index contributed by atoms with van der Waals surface area (Å²) in [6.07, 6.45) is 2.30. The number of benzene rings is 1. The number of hydrogen-bond acceptors (Lipinski definition) is 6. The first-order chi connectivity index (χ1) is 11.1. The van der Waals surface area contributed by atoms with Gasteiger partial charge in [0.15, 0.2) is 11.7 Å². The monoisotopic (exact) mass is 318 g/mol. The number of rotatable bonds is 5. The first kappa shape index (κ1) is 15.7. The molecule has 1 aliphatic carbocycles. The van der Waals surface area contributed by atoms with Crippen LogP contribution in [0.3, 0.4) is 0 Å². The van der Waals surface area contributed by atoms with E-state index in [0.717, 1.165) is 0 Å². The summed E-state index contributed by atoms with van der Waals surface area (Å²) in [5, 5.41) is 0. The summed E-state index contributed by atoms with van der Waals surface area (Å²) >= 11 is 0. The third kappa shape index (κ3) is 3.00. The average Bonchev–Trinajstić information content (AvgIpc) is 3.29. The Morgan fingerprint density at radius 2 is 1.96 bits per heavy atom. The fraction of sp³-hybridized carbons (Fsp3) is 0.412. The molecule has 0 saturated carbocycles. The van der Waals surface area contributed by atoms with Crippen LogP contribution in [0.25, 0.3) is 0 Å². The molecule has 0 amide bonds. The minimum atomic E-state index is -0.870. The van der Waals surface area contributed by atoms with Crippen LogP contribution < -0.4 is 0 Å². The van der Waals surface area contributed by atoms with Crippen LogP contribution in [0, 0.1) is 0 Å². The van der Waals surface area contributed by atoms with E-state index in [-0.39, 0.29) is 12.7 Å². The molecule has 0 bridgehead atoms. The number of epoxide rings is 1. The van der Waals surface area contributed by atoms with Gasteiger partial charge >= 0.3 is 11.9 Å². The molecule has 1 aromatic rings. The second-order valence-corrected chi connectivity index (χ2v) is 5.55. The first-order valence-electron chi connectivity index (χ1n) is 7.35. The van der Waals surface area contributed by atoms with Crippen molar-refractivity contribution in [3.63, 3.8) is 0 Å². The van der Waals surface area contributed by atoms with Gasteiger partial charge < -0.3 is 18.9 Å². The Balaban J connectivity index is 1.72. The van der Waals surface area contributed by atoms with Crippen molar-refractivity contribution in [2.45, 2.75) is 30.8 Å². The predicted octanol–water partition coefficient (Wildman–Crippen LogP) is 1.50. The van der Waals surface area contributed by atoms with E-state index in [1.54, 1.807) is 30.3 Å². The van der Waals surface area contributed by atoms with E-state index in [4.69, 9.17) is 18.9 Å². The molecule has 122 valence electrons. The standard InChI is InChI=1S/C17H18O6/c1-11(18)22-15-13(20-2)8-9-14-17(15,23-14)10-21-16(19)12-6-4-3-5-7-12/h3-9,13-15H,10H2,1-2H3. The van der Waals surface area contributed by atoms with Crippen LogP contribution in [0.5, 0.6) is 0 Å². The number of carbonyl (C=O) groups is 2. The lowest BCUT2D eigenvalue weighted by Crippen LogP contribution is -2.49. The van der Waals surface area contributed by atoms with E-state index >= 15 is 0 Å². The van der Waals surface area contributed by atoms with Gasteiger partial charge in [0.2, 0.25) is 0 Å². The molecule has 23 heavy (non-hydrogen) atoms. The third-order valence-corrected chi connectivity index (χ3v) is 4.03. The van der Waals surface area contributed by atoms with Crippen LogP contribution in [0.1, 0.15) is 17.3 Å². The van der Waals surface area contributed by atoms with E-state index in [2.05, 4.69) is 0 Å². The molecule has 1 aliphatic heterocycles. The second kappa shape index (κ2) is 6.14. The van der Waals surface area contributed by atoms with Crippen molar-refractivity contribution in [1.29, 1.82) is 0 Å². The van der Waals surface area contributed by atoms with Gasteiger partial charge in [-0.1, -0.05) is 30.4 Å². The highest BCUT2D eigenvalue weighted by molar-refractivity contribution is 5.89. The molecule has 0 radical (unpaired) electrons. The molecule has 0 spiro atoms. The van der Waals surface area contributed by atoms with Gasteiger partial charge in [-0.25, -0.2) is 4.79 Å². The number of esters is 2. The van der Waals surface area contributed by atoms with Gasteiger partial charge in [0, 0.05) is 14.0 Å². The van der Waals surface area contributed by atoms with Crippen LogP contribution in [0.4, 0.5) is 0 Å². The smallest absolute Gasteiger partial charge is 0.338 e. The molecule has 1 aromatic carbocycles. The molecule has 1 heterocycles. The van der Waals surface area contributed by atoms with Crippen molar-refractivity contribution in [3.8, 4) is 0 Å². The van der Waals surface area contributed by atoms with Crippen molar-refractivity contribution in [3.05, 3.63) is 48.0 Å². The summed E-state index contributed by atoms with van der Waals surface area (Å²) in [5.41, 5.74) is -0.411. The Morgan fingerprint density at radius 1 is 1.22 bits per heavy atom. The van der Waals surface area contributed by atoms with Crippen LogP contribution in [-0.2, 0) is 23.7 Å². The molecule has 3 rings (SSSR count). The minimum absolute atomic E-state index is 0.00641. The zero-order valence-corrected chi connectivity index (χ0v) is 12.9. The molecule has 0 aromatic heterocycles. The van der Waals surface area contributed by atoms with Gasteiger partial charge in [0.05, 0.1) is 5.56 Å². The van der Waals surface area contributed by atoms with Gasteiger partial charge in [-0.15, -0.1) is 0 Å². The van der Waals surface area contributed by atoms with E-state index in [0.29, 0.717) is 5.56 Å². The number of fused-ring (bicyclic) bond motifs is 1. The normalized spacial score (nSPS) is 31.1. The lowest BCUT2D eigenvalue weighted by atomic mass is 9.89. The summed E-state index contributed by atoms with van der Waals surface area (Å²) in [6, 6.07) is 8.69. The Hall–Kier alpha value is -2.18. The molecule has 6 nitrogen and oxygen atoms in total. The number of ether oxygens (including phenoxy) is 4.